The molecule has 0 radical (unpaired) electrons. The highest BCUT2D eigenvalue weighted by molar-refractivity contribution is 9.10. The zero-order valence-electron chi connectivity index (χ0n) is 10.7. The number of hydrogen-bond acceptors (Lipinski definition) is 5. The standard InChI is InChI=1S/C10H14BrN3O4S2/c1-19(15,16)13-4-6-14(7-5-13)20(17,18)10-3-2-9(11)8-12-10/h2-3,8H,4-7H2,1H3. The average Bonchev–Trinajstić information content (AvgIpc) is 2.38. The summed E-state index contributed by atoms with van der Waals surface area (Å²) >= 11 is 3.19. The molecule has 1 aliphatic heterocycles. The Kier molecular flexibility index (Phi) is 4.50. The number of aromatic nitrogens is 1. The Balaban J connectivity index is 2.15. The van der Waals surface area contributed by atoms with Crippen molar-refractivity contribution in [3.05, 3.63) is 22.8 Å². The van der Waals surface area contributed by atoms with Gasteiger partial charge in [-0.05, 0) is 28.1 Å². The molecule has 0 amide bonds. The van der Waals surface area contributed by atoms with Crippen LogP contribution in [0.15, 0.2) is 27.8 Å². The summed E-state index contributed by atoms with van der Waals surface area (Å²) in [7, 11) is -6.94. The Morgan fingerprint density at radius 1 is 1.05 bits per heavy atom. The predicted octanol–water partition coefficient (Wildman–Crippen LogP) is 0.110. The zero-order valence-corrected chi connectivity index (χ0v) is 13.9. The van der Waals surface area contributed by atoms with Gasteiger partial charge >= 0.3 is 0 Å². The smallest absolute Gasteiger partial charge is 0.242 e. The predicted molar refractivity (Wildman–Crippen MR) is 77.1 cm³/mol. The van der Waals surface area contributed by atoms with Crippen LogP contribution in [0.5, 0.6) is 0 Å². The van der Waals surface area contributed by atoms with Crippen LogP contribution >= 0.6 is 15.9 Å². The minimum Gasteiger partial charge on any atom is -0.242 e. The van der Waals surface area contributed by atoms with Crippen LogP contribution < -0.4 is 0 Å². The van der Waals surface area contributed by atoms with E-state index >= 15 is 0 Å². The van der Waals surface area contributed by atoms with Gasteiger partial charge in [-0.1, -0.05) is 0 Å². The van der Waals surface area contributed by atoms with Crippen LogP contribution in [0.25, 0.3) is 0 Å². The van der Waals surface area contributed by atoms with Crippen molar-refractivity contribution < 1.29 is 16.8 Å². The number of rotatable bonds is 3. The number of halogens is 1. The molecule has 2 heterocycles. The molecule has 0 unspecified atom stereocenters. The maximum Gasteiger partial charge on any atom is 0.260 e. The van der Waals surface area contributed by atoms with Gasteiger partial charge in [-0.15, -0.1) is 0 Å². The second kappa shape index (κ2) is 5.68. The van der Waals surface area contributed by atoms with Crippen molar-refractivity contribution in [1.82, 2.24) is 13.6 Å². The monoisotopic (exact) mass is 383 g/mol. The highest BCUT2D eigenvalue weighted by Crippen LogP contribution is 2.18. The van der Waals surface area contributed by atoms with Gasteiger partial charge in [0, 0.05) is 36.8 Å². The van der Waals surface area contributed by atoms with Crippen LogP contribution in [-0.4, -0.2) is 62.9 Å². The summed E-state index contributed by atoms with van der Waals surface area (Å²) in [4.78, 5) is 3.88. The van der Waals surface area contributed by atoms with E-state index in [9.17, 15) is 16.8 Å². The van der Waals surface area contributed by atoms with E-state index in [1.54, 1.807) is 6.07 Å². The number of piperazine rings is 1. The molecule has 0 aliphatic carbocycles. The molecule has 1 aromatic rings. The van der Waals surface area contributed by atoms with Crippen molar-refractivity contribution in [3.63, 3.8) is 0 Å². The van der Waals surface area contributed by atoms with E-state index in [0.717, 1.165) is 6.26 Å². The van der Waals surface area contributed by atoms with Crippen molar-refractivity contribution in [2.24, 2.45) is 0 Å². The topological polar surface area (TPSA) is 87.7 Å². The van der Waals surface area contributed by atoms with Crippen molar-refractivity contribution in [2.45, 2.75) is 5.03 Å². The van der Waals surface area contributed by atoms with Crippen LogP contribution in [-0.2, 0) is 20.0 Å². The van der Waals surface area contributed by atoms with Crippen molar-refractivity contribution in [1.29, 1.82) is 0 Å². The molecule has 0 bridgehead atoms. The van der Waals surface area contributed by atoms with Crippen LogP contribution in [0.3, 0.4) is 0 Å². The molecule has 2 rings (SSSR count). The molecule has 0 N–H and O–H groups in total. The van der Waals surface area contributed by atoms with Gasteiger partial charge in [0.05, 0.1) is 6.26 Å². The third-order valence-electron chi connectivity index (χ3n) is 2.97. The number of pyridine rings is 1. The molecule has 1 saturated heterocycles. The number of sulfonamides is 2. The van der Waals surface area contributed by atoms with Gasteiger partial charge in [-0.25, -0.2) is 21.8 Å². The normalized spacial score (nSPS) is 19.1. The molecule has 1 aliphatic rings. The molecule has 0 spiro atoms. The van der Waals surface area contributed by atoms with E-state index in [1.807, 2.05) is 0 Å². The Morgan fingerprint density at radius 3 is 2.05 bits per heavy atom. The van der Waals surface area contributed by atoms with E-state index in [1.165, 1.54) is 20.9 Å². The molecule has 0 aromatic carbocycles. The maximum atomic E-state index is 12.3. The van der Waals surface area contributed by atoms with E-state index in [-0.39, 0.29) is 31.2 Å². The summed E-state index contributed by atoms with van der Waals surface area (Å²) in [6, 6.07) is 3.02. The van der Waals surface area contributed by atoms with Crippen molar-refractivity contribution in [2.75, 3.05) is 32.4 Å². The first-order valence-corrected chi connectivity index (χ1v) is 9.86. The fourth-order valence-corrected chi connectivity index (χ4v) is 4.28. The Bertz CT molecular complexity index is 680. The van der Waals surface area contributed by atoms with E-state index in [0.29, 0.717) is 4.47 Å². The van der Waals surface area contributed by atoms with Crippen LogP contribution in [0.2, 0.25) is 0 Å². The summed E-state index contributed by atoms with van der Waals surface area (Å²) in [5, 5.41) is -0.0338. The fourth-order valence-electron chi connectivity index (χ4n) is 1.89. The SMILES string of the molecule is CS(=O)(=O)N1CCN(S(=O)(=O)c2ccc(Br)cn2)CC1. The quantitative estimate of drug-likeness (QED) is 0.738. The lowest BCUT2D eigenvalue weighted by atomic mass is 10.4. The molecule has 0 saturated carbocycles. The number of nitrogens with zero attached hydrogens (tertiary/aromatic N) is 3. The molecule has 1 fully saturated rings. The molecule has 1 aromatic heterocycles. The van der Waals surface area contributed by atoms with Gasteiger partial charge in [0.25, 0.3) is 10.0 Å². The van der Waals surface area contributed by atoms with Gasteiger partial charge in [-0.3, -0.25) is 0 Å². The molecule has 7 nitrogen and oxygen atoms in total. The average molecular weight is 384 g/mol. The Labute approximate surface area is 126 Å². The van der Waals surface area contributed by atoms with E-state index in [2.05, 4.69) is 20.9 Å². The van der Waals surface area contributed by atoms with Gasteiger partial charge in [-0.2, -0.15) is 8.61 Å². The summed E-state index contributed by atoms with van der Waals surface area (Å²) in [5.41, 5.74) is 0. The van der Waals surface area contributed by atoms with Crippen LogP contribution in [0.4, 0.5) is 0 Å². The highest BCUT2D eigenvalue weighted by Gasteiger charge is 2.31. The second-order valence-corrected chi connectivity index (χ2v) is 9.16. The molecule has 112 valence electrons. The maximum absolute atomic E-state index is 12.3. The third-order valence-corrected chi connectivity index (χ3v) is 6.56. The Morgan fingerprint density at radius 2 is 1.60 bits per heavy atom. The van der Waals surface area contributed by atoms with Crippen molar-refractivity contribution in [3.8, 4) is 0 Å². The van der Waals surface area contributed by atoms with Crippen LogP contribution in [0.1, 0.15) is 0 Å². The van der Waals surface area contributed by atoms with Gasteiger partial charge in [0.1, 0.15) is 0 Å². The first-order valence-electron chi connectivity index (χ1n) is 5.78. The lowest BCUT2D eigenvalue weighted by Gasteiger charge is -2.32. The minimum absolute atomic E-state index is 0.0338. The first-order chi connectivity index (χ1) is 9.21. The summed E-state index contributed by atoms with van der Waals surface area (Å²) in [6.07, 6.45) is 2.53. The van der Waals surface area contributed by atoms with E-state index in [4.69, 9.17) is 0 Å². The third kappa shape index (κ3) is 3.37. The fraction of sp³-hybridized carbons (Fsp3) is 0.500. The zero-order chi connectivity index (χ0) is 15.0. The summed E-state index contributed by atoms with van der Waals surface area (Å²) in [6.45, 7) is 0.587. The van der Waals surface area contributed by atoms with Gasteiger partial charge in [0.2, 0.25) is 10.0 Å². The van der Waals surface area contributed by atoms with Crippen molar-refractivity contribution >= 4 is 36.0 Å². The van der Waals surface area contributed by atoms with Gasteiger partial charge < -0.3 is 0 Å². The summed E-state index contributed by atoms with van der Waals surface area (Å²) in [5.74, 6) is 0. The molecular formula is C10H14BrN3O4S2. The largest absolute Gasteiger partial charge is 0.260 e. The van der Waals surface area contributed by atoms with E-state index < -0.39 is 20.0 Å². The molecular weight excluding hydrogens is 370 g/mol. The lowest BCUT2D eigenvalue weighted by molar-refractivity contribution is 0.273. The second-order valence-electron chi connectivity index (χ2n) is 4.38. The summed E-state index contributed by atoms with van der Waals surface area (Å²) < 4.78 is 50.7. The highest BCUT2D eigenvalue weighted by atomic mass is 79.9. The molecule has 0 atom stereocenters. The van der Waals surface area contributed by atoms with Gasteiger partial charge in [0.15, 0.2) is 5.03 Å². The lowest BCUT2D eigenvalue weighted by Crippen LogP contribution is -2.50. The minimum atomic E-state index is -3.67. The molecule has 20 heavy (non-hydrogen) atoms. The number of hydrogen-bond donors (Lipinski definition) is 0. The van der Waals surface area contributed by atoms with Crippen LogP contribution in [0, 0.1) is 0 Å². The Hall–Kier alpha value is -0.550. The molecule has 10 heteroatoms. The first kappa shape index (κ1) is 15.8.